The third kappa shape index (κ3) is 4.74. The molecule has 0 aliphatic carbocycles. The van der Waals surface area contributed by atoms with E-state index in [1.807, 2.05) is 0 Å². The van der Waals surface area contributed by atoms with E-state index in [9.17, 15) is 22.7 Å². The highest BCUT2D eigenvalue weighted by molar-refractivity contribution is 7.89. The summed E-state index contributed by atoms with van der Waals surface area (Å²) in [6, 6.07) is 3.19. The largest absolute Gasteiger partial charge is 0.323 e. The molecule has 0 radical (unpaired) electrons. The van der Waals surface area contributed by atoms with E-state index in [1.54, 1.807) is 6.92 Å². The average molecular weight is 336 g/mol. The highest BCUT2D eigenvalue weighted by Crippen LogP contribution is 2.25. The molecule has 0 fully saturated rings. The molecular weight excluding hydrogens is 320 g/mol. The molecule has 0 saturated heterocycles. The number of nitro groups is 1. The van der Waals surface area contributed by atoms with Crippen molar-refractivity contribution in [2.45, 2.75) is 11.8 Å². The van der Waals surface area contributed by atoms with Crippen LogP contribution in [0.2, 0.25) is 0 Å². The number of nitrogens with two attached hydrogens (primary N) is 1. The number of nitro benzene ring substituents is 1. The van der Waals surface area contributed by atoms with Gasteiger partial charge in [-0.25, -0.2) is 13.1 Å². The predicted octanol–water partition coefficient (Wildman–Crippen LogP) is -0.0727. The maximum Gasteiger partial charge on any atom is 0.271 e. The molecule has 0 amide bonds. The lowest BCUT2D eigenvalue weighted by molar-refractivity contribution is -0.384. The number of nitrogens with one attached hydrogen (secondary N) is 2. The van der Waals surface area contributed by atoms with Crippen LogP contribution in [0.4, 0.5) is 11.4 Å². The van der Waals surface area contributed by atoms with Crippen LogP contribution in [-0.2, 0) is 20.8 Å². The van der Waals surface area contributed by atoms with Crippen molar-refractivity contribution in [3.63, 3.8) is 0 Å². The number of nitrogen functional groups attached to an aromatic ring is 1. The van der Waals surface area contributed by atoms with E-state index in [1.165, 1.54) is 0 Å². The first kappa shape index (κ1) is 17.5. The van der Waals surface area contributed by atoms with Crippen molar-refractivity contribution in [2.75, 3.05) is 23.5 Å². The number of sulfonamides is 1. The summed E-state index contributed by atoms with van der Waals surface area (Å²) < 4.78 is 37.7. The van der Waals surface area contributed by atoms with Gasteiger partial charge in [-0.15, -0.1) is 0 Å². The molecule has 1 rings (SSSR count). The first-order valence-electron chi connectivity index (χ1n) is 5.91. The van der Waals surface area contributed by atoms with Gasteiger partial charge in [0.2, 0.25) is 10.0 Å². The Kier molecular flexibility index (Phi) is 6.20. The van der Waals surface area contributed by atoms with E-state index in [0.717, 1.165) is 18.2 Å². The van der Waals surface area contributed by atoms with Crippen molar-refractivity contribution in [1.29, 1.82) is 0 Å². The van der Waals surface area contributed by atoms with Gasteiger partial charge in [0.1, 0.15) is 4.90 Å². The third-order valence-electron chi connectivity index (χ3n) is 2.56. The van der Waals surface area contributed by atoms with Gasteiger partial charge in [0.05, 0.1) is 10.6 Å². The van der Waals surface area contributed by atoms with Crippen LogP contribution in [0, 0.1) is 10.1 Å². The summed E-state index contributed by atoms with van der Waals surface area (Å²) in [6.07, 6.45) is 0. The Morgan fingerprint density at radius 1 is 1.43 bits per heavy atom. The maximum atomic E-state index is 12.1. The minimum atomic E-state index is -3.90. The van der Waals surface area contributed by atoms with E-state index in [-0.39, 0.29) is 28.6 Å². The van der Waals surface area contributed by atoms with E-state index in [4.69, 9.17) is 5.84 Å². The van der Waals surface area contributed by atoms with Crippen LogP contribution in [0.15, 0.2) is 23.1 Å². The zero-order chi connectivity index (χ0) is 16.0. The molecule has 0 heterocycles. The maximum absolute atomic E-state index is 12.1. The molecule has 11 heteroatoms. The number of rotatable bonds is 8. The van der Waals surface area contributed by atoms with Gasteiger partial charge in [-0.1, -0.05) is 6.92 Å². The lowest BCUT2D eigenvalue weighted by atomic mass is 10.3. The second-order valence-corrected chi connectivity index (χ2v) is 7.51. The van der Waals surface area contributed by atoms with Gasteiger partial charge in [-0.3, -0.25) is 20.2 Å². The summed E-state index contributed by atoms with van der Waals surface area (Å²) in [6.45, 7) is 1.74. The number of hydrogen-bond acceptors (Lipinski definition) is 7. The van der Waals surface area contributed by atoms with Crippen LogP contribution in [0.25, 0.3) is 0 Å². The first-order chi connectivity index (χ1) is 9.81. The van der Waals surface area contributed by atoms with E-state index in [2.05, 4.69) is 10.1 Å². The predicted molar refractivity (Wildman–Crippen MR) is 79.6 cm³/mol. The second-order valence-electron chi connectivity index (χ2n) is 3.91. The fourth-order valence-electron chi connectivity index (χ4n) is 1.49. The number of benzene rings is 1. The smallest absolute Gasteiger partial charge is 0.271 e. The van der Waals surface area contributed by atoms with Crippen molar-refractivity contribution in [3.8, 4) is 0 Å². The topological polar surface area (TPSA) is 144 Å². The fourth-order valence-corrected chi connectivity index (χ4v) is 3.42. The van der Waals surface area contributed by atoms with E-state index in [0.29, 0.717) is 5.75 Å². The normalized spacial score (nSPS) is 12.9. The number of nitrogens with zero attached hydrogens (tertiary/aromatic N) is 1. The molecule has 1 aromatic carbocycles. The molecule has 0 spiro atoms. The number of anilines is 1. The molecule has 0 bridgehead atoms. The standard InChI is InChI=1S/C10H16N4O5S2/c1-2-20(17)6-5-12-21(18,19)10-4-3-8(14(15)16)7-9(10)13-11/h3-4,7,12-13H,2,5-6,11H2,1H3. The highest BCUT2D eigenvalue weighted by atomic mass is 32.2. The van der Waals surface area contributed by atoms with Crippen LogP contribution in [-0.4, -0.2) is 35.6 Å². The Hall–Kier alpha value is -1.56. The summed E-state index contributed by atoms with van der Waals surface area (Å²) in [4.78, 5) is 9.78. The van der Waals surface area contributed by atoms with Crippen LogP contribution in [0.5, 0.6) is 0 Å². The zero-order valence-electron chi connectivity index (χ0n) is 11.2. The molecular formula is C10H16N4O5S2. The van der Waals surface area contributed by atoms with Crippen LogP contribution in [0.3, 0.4) is 0 Å². The van der Waals surface area contributed by atoms with Crippen molar-refractivity contribution in [1.82, 2.24) is 4.72 Å². The summed E-state index contributed by atoms with van der Waals surface area (Å²) >= 11 is 0. The highest BCUT2D eigenvalue weighted by Gasteiger charge is 2.20. The Labute approximate surface area is 124 Å². The molecule has 0 aliphatic rings. The van der Waals surface area contributed by atoms with Gasteiger partial charge in [0.15, 0.2) is 0 Å². The SMILES string of the molecule is CCS(=O)CCNS(=O)(=O)c1ccc([N+](=O)[O-])cc1NN. The Bertz CT molecular complexity index is 647. The molecule has 21 heavy (non-hydrogen) atoms. The monoisotopic (exact) mass is 336 g/mol. The van der Waals surface area contributed by atoms with Gasteiger partial charge < -0.3 is 5.43 Å². The summed E-state index contributed by atoms with van der Waals surface area (Å²) in [5.41, 5.74) is 1.75. The van der Waals surface area contributed by atoms with Crippen LogP contribution < -0.4 is 16.0 Å². The molecule has 1 atom stereocenters. The Morgan fingerprint density at radius 2 is 2.10 bits per heavy atom. The molecule has 9 nitrogen and oxygen atoms in total. The van der Waals surface area contributed by atoms with Gasteiger partial charge in [0, 0.05) is 41.0 Å². The summed E-state index contributed by atoms with van der Waals surface area (Å²) in [7, 11) is -4.99. The van der Waals surface area contributed by atoms with E-state index >= 15 is 0 Å². The van der Waals surface area contributed by atoms with Crippen molar-refractivity contribution >= 4 is 32.2 Å². The summed E-state index contributed by atoms with van der Waals surface area (Å²) in [5, 5.41) is 10.6. The molecule has 0 saturated carbocycles. The number of non-ortho nitro benzene ring substituents is 1. The minimum Gasteiger partial charge on any atom is -0.323 e. The molecule has 1 aromatic rings. The van der Waals surface area contributed by atoms with Gasteiger partial charge in [-0.2, -0.15) is 0 Å². The van der Waals surface area contributed by atoms with Gasteiger partial charge in [-0.05, 0) is 6.07 Å². The molecule has 4 N–H and O–H groups in total. The van der Waals surface area contributed by atoms with Crippen LogP contribution in [0.1, 0.15) is 6.92 Å². The third-order valence-corrected chi connectivity index (χ3v) is 5.39. The van der Waals surface area contributed by atoms with Crippen molar-refractivity contribution < 1.29 is 17.6 Å². The fraction of sp³-hybridized carbons (Fsp3) is 0.400. The molecule has 118 valence electrons. The summed E-state index contributed by atoms with van der Waals surface area (Å²) in [5.74, 6) is 5.83. The quantitative estimate of drug-likeness (QED) is 0.342. The van der Waals surface area contributed by atoms with Gasteiger partial charge >= 0.3 is 0 Å². The Morgan fingerprint density at radius 3 is 2.62 bits per heavy atom. The average Bonchev–Trinajstić information content (AvgIpc) is 2.45. The Balaban J connectivity index is 2.97. The van der Waals surface area contributed by atoms with Crippen LogP contribution >= 0.6 is 0 Å². The molecule has 0 aromatic heterocycles. The first-order valence-corrected chi connectivity index (χ1v) is 8.88. The molecule has 0 aliphatic heterocycles. The zero-order valence-corrected chi connectivity index (χ0v) is 12.9. The minimum absolute atomic E-state index is 0.00375. The lowest BCUT2D eigenvalue weighted by Crippen LogP contribution is -2.29. The molecule has 1 unspecified atom stereocenters. The number of hydrogen-bond donors (Lipinski definition) is 3. The second kappa shape index (κ2) is 7.45. The number of hydrazine groups is 1. The lowest BCUT2D eigenvalue weighted by Gasteiger charge is -2.10. The van der Waals surface area contributed by atoms with Gasteiger partial charge in [0.25, 0.3) is 5.69 Å². The van der Waals surface area contributed by atoms with E-state index < -0.39 is 25.7 Å². The van der Waals surface area contributed by atoms with Crippen molar-refractivity contribution in [3.05, 3.63) is 28.3 Å². The van der Waals surface area contributed by atoms with Crippen molar-refractivity contribution in [2.24, 2.45) is 5.84 Å².